The number of carbonyl (C=O) groups excluding carboxylic acids is 1. The molecule has 2 unspecified atom stereocenters. The maximum atomic E-state index is 12.0. The van der Waals surface area contributed by atoms with Gasteiger partial charge in [0.15, 0.2) is 0 Å². The Labute approximate surface area is 85.6 Å². The van der Waals surface area contributed by atoms with Crippen molar-refractivity contribution in [3.8, 4) is 0 Å². The summed E-state index contributed by atoms with van der Waals surface area (Å²) in [6, 6.07) is 0.471. The molecule has 2 aliphatic rings. The van der Waals surface area contributed by atoms with E-state index in [0.29, 0.717) is 11.9 Å². The third-order valence-corrected chi connectivity index (χ3v) is 3.22. The summed E-state index contributed by atoms with van der Waals surface area (Å²) in [7, 11) is 0. The van der Waals surface area contributed by atoms with E-state index >= 15 is 0 Å². The molecule has 0 heterocycles. The van der Waals surface area contributed by atoms with E-state index in [9.17, 15) is 4.79 Å². The maximum absolute atomic E-state index is 12.0. The summed E-state index contributed by atoms with van der Waals surface area (Å²) in [5.41, 5.74) is 5.70. The molecule has 14 heavy (non-hydrogen) atoms. The molecule has 2 N–H and O–H groups in total. The molecule has 0 aromatic heterocycles. The molecule has 3 heteroatoms. The second kappa shape index (κ2) is 3.54. The molecular weight excluding hydrogens is 176 g/mol. The van der Waals surface area contributed by atoms with Gasteiger partial charge in [-0.05, 0) is 39.0 Å². The normalized spacial score (nSPS) is 30.6. The first-order chi connectivity index (χ1) is 6.59. The lowest BCUT2D eigenvalue weighted by atomic mass is 10.2. The van der Waals surface area contributed by atoms with Crippen molar-refractivity contribution >= 4 is 5.91 Å². The van der Waals surface area contributed by atoms with Gasteiger partial charge in [-0.15, -0.1) is 0 Å². The van der Waals surface area contributed by atoms with Crippen LogP contribution in [0.15, 0.2) is 0 Å². The van der Waals surface area contributed by atoms with Gasteiger partial charge in [0, 0.05) is 18.6 Å². The van der Waals surface area contributed by atoms with Crippen LogP contribution in [0, 0.1) is 11.8 Å². The lowest BCUT2D eigenvalue weighted by Gasteiger charge is -2.27. The van der Waals surface area contributed by atoms with Crippen molar-refractivity contribution in [1.29, 1.82) is 0 Å². The van der Waals surface area contributed by atoms with Gasteiger partial charge in [0.25, 0.3) is 0 Å². The fourth-order valence-electron chi connectivity index (χ4n) is 1.85. The first kappa shape index (κ1) is 9.97. The van der Waals surface area contributed by atoms with E-state index in [-0.39, 0.29) is 12.0 Å². The van der Waals surface area contributed by atoms with Crippen molar-refractivity contribution in [2.75, 3.05) is 6.54 Å². The van der Waals surface area contributed by atoms with E-state index in [1.54, 1.807) is 0 Å². The van der Waals surface area contributed by atoms with Crippen LogP contribution in [0.1, 0.15) is 33.1 Å². The molecule has 2 fully saturated rings. The second-order valence-corrected chi connectivity index (χ2v) is 5.03. The minimum absolute atomic E-state index is 0.135. The molecule has 0 bridgehead atoms. The Bertz CT molecular complexity index is 235. The third-order valence-electron chi connectivity index (χ3n) is 3.22. The van der Waals surface area contributed by atoms with Crippen molar-refractivity contribution < 1.29 is 4.79 Å². The smallest absolute Gasteiger partial charge is 0.227 e. The Morgan fingerprint density at radius 3 is 2.43 bits per heavy atom. The Morgan fingerprint density at radius 1 is 1.50 bits per heavy atom. The highest BCUT2D eigenvalue weighted by Crippen LogP contribution is 2.34. The molecule has 0 aromatic carbocycles. The highest BCUT2D eigenvalue weighted by atomic mass is 16.2. The van der Waals surface area contributed by atoms with E-state index in [2.05, 4.69) is 13.8 Å². The average molecular weight is 196 g/mol. The monoisotopic (exact) mass is 196 g/mol. The second-order valence-electron chi connectivity index (χ2n) is 5.03. The van der Waals surface area contributed by atoms with Crippen LogP contribution in [-0.4, -0.2) is 29.4 Å². The molecule has 80 valence electrons. The fraction of sp³-hybridized carbons (Fsp3) is 0.909. The van der Waals surface area contributed by atoms with E-state index in [1.165, 1.54) is 12.8 Å². The molecular formula is C11H20N2O. The number of nitrogens with two attached hydrogens (primary N) is 1. The van der Waals surface area contributed by atoms with Crippen molar-refractivity contribution in [3.63, 3.8) is 0 Å². The number of hydrogen-bond acceptors (Lipinski definition) is 2. The zero-order chi connectivity index (χ0) is 10.3. The van der Waals surface area contributed by atoms with Crippen molar-refractivity contribution in [1.82, 2.24) is 4.90 Å². The van der Waals surface area contributed by atoms with Gasteiger partial charge in [0.2, 0.25) is 5.91 Å². The van der Waals surface area contributed by atoms with Gasteiger partial charge in [-0.1, -0.05) is 0 Å². The molecule has 1 amide bonds. The van der Waals surface area contributed by atoms with Crippen LogP contribution in [0.4, 0.5) is 0 Å². The maximum Gasteiger partial charge on any atom is 0.227 e. The third kappa shape index (κ3) is 2.08. The molecule has 0 aliphatic heterocycles. The molecule has 0 aromatic rings. The van der Waals surface area contributed by atoms with Gasteiger partial charge in [-0.25, -0.2) is 0 Å². The molecule has 2 aliphatic carbocycles. The Balaban J connectivity index is 1.91. The van der Waals surface area contributed by atoms with Crippen LogP contribution < -0.4 is 5.73 Å². The van der Waals surface area contributed by atoms with Crippen LogP contribution in [0.25, 0.3) is 0 Å². The lowest BCUT2D eigenvalue weighted by molar-refractivity contribution is -0.134. The molecule has 2 atom stereocenters. The number of hydrogen-bond donors (Lipinski definition) is 1. The van der Waals surface area contributed by atoms with Crippen LogP contribution in [-0.2, 0) is 4.79 Å². The lowest BCUT2D eigenvalue weighted by Crippen LogP contribution is -2.40. The summed E-state index contributed by atoms with van der Waals surface area (Å²) in [6.45, 7) is 5.14. The highest BCUT2D eigenvalue weighted by Gasteiger charge is 2.43. The van der Waals surface area contributed by atoms with E-state index in [1.807, 2.05) is 4.90 Å². The summed E-state index contributed by atoms with van der Waals surface area (Å²) in [4.78, 5) is 14.0. The van der Waals surface area contributed by atoms with Crippen LogP contribution in [0.5, 0.6) is 0 Å². The summed E-state index contributed by atoms with van der Waals surface area (Å²) in [5.74, 6) is 1.20. The predicted molar refractivity (Wildman–Crippen MR) is 55.7 cm³/mol. The van der Waals surface area contributed by atoms with Gasteiger partial charge >= 0.3 is 0 Å². The molecule has 0 saturated heterocycles. The number of amides is 1. The summed E-state index contributed by atoms with van der Waals surface area (Å²) in [5, 5.41) is 0. The fourth-order valence-corrected chi connectivity index (χ4v) is 1.85. The van der Waals surface area contributed by atoms with E-state index in [4.69, 9.17) is 5.73 Å². The quantitative estimate of drug-likeness (QED) is 0.728. The SMILES string of the molecule is CC(C)N(CC1CC1)C(=O)C1CC1N. The summed E-state index contributed by atoms with van der Waals surface area (Å²) < 4.78 is 0. The van der Waals surface area contributed by atoms with Gasteiger partial charge in [0.1, 0.15) is 0 Å². The van der Waals surface area contributed by atoms with E-state index < -0.39 is 0 Å². The Morgan fingerprint density at radius 2 is 2.07 bits per heavy atom. The zero-order valence-corrected chi connectivity index (χ0v) is 9.07. The first-order valence-corrected chi connectivity index (χ1v) is 5.65. The topological polar surface area (TPSA) is 46.3 Å². The average Bonchev–Trinajstić information content (AvgIpc) is 2.95. The molecule has 2 rings (SSSR count). The number of rotatable bonds is 4. The molecule has 3 nitrogen and oxygen atoms in total. The van der Waals surface area contributed by atoms with E-state index in [0.717, 1.165) is 18.9 Å². The van der Waals surface area contributed by atoms with Gasteiger partial charge in [-0.2, -0.15) is 0 Å². The minimum Gasteiger partial charge on any atom is -0.340 e. The standard InChI is InChI=1S/C11H20N2O/c1-7(2)13(6-8-3-4-8)11(14)9-5-10(9)12/h7-10H,3-6,12H2,1-2H3. The zero-order valence-electron chi connectivity index (χ0n) is 9.07. The number of carbonyl (C=O) groups is 1. The molecule has 0 spiro atoms. The van der Waals surface area contributed by atoms with Crippen molar-refractivity contribution in [2.45, 2.75) is 45.2 Å². The van der Waals surface area contributed by atoms with Gasteiger partial charge in [-0.3, -0.25) is 4.79 Å². The highest BCUT2D eigenvalue weighted by molar-refractivity contribution is 5.82. The van der Waals surface area contributed by atoms with Gasteiger partial charge < -0.3 is 10.6 Å². The van der Waals surface area contributed by atoms with Crippen LogP contribution >= 0.6 is 0 Å². The predicted octanol–water partition coefficient (Wildman–Crippen LogP) is 0.981. The van der Waals surface area contributed by atoms with Crippen molar-refractivity contribution in [2.24, 2.45) is 17.6 Å². The van der Waals surface area contributed by atoms with Crippen LogP contribution in [0.3, 0.4) is 0 Å². The minimum atomic E-state index is 0.135. The molecule has 2 saturated carbocycles. The van der Waals surface area contributed by atoms with Gasteiger partial charge in [0.05, 0.1) is 5.92 Å². The largest absolute Gasteiger partial charge is 0.340 e. The first-order valence-electron chi connectivity index (χ1n) is 5.65. The Hall–Kier alpha value is -0.570. The summed E-state index contributed by atoms with van der Waals surface area (Å²) >= 11 is 0. The van der Waals surface area contributed by atoms with Crippen molar-refractivity contribution in [3.05, 3.63) is 0 Å². The summed E-state index contributed by atoms with van der Waals surface area (Å²) in [6.07, 6.45) is 3.49. The molecule has 0 radical (unpaired) electrons. The Kier molecular flexibility index (Phi) is 2.52. The van der Waals surface area contributed by atoms with Crippen LogP contribution in [0.2, 0.25) is 0 Å². The number of nitrogens with zero attached hydrogens (tertiary/aromatic N) is 1.